The van der Waals surface area contributed by atoms with Gasteiger partial charge in [0.25, 0.3) is 0 Å². The van der Waals surface area contributed by atoms with Crippen LogP contribution in [0.1, 0.15) is 25.7 Å². The molecule has 0 aromatic carbocycles. The minimum Gasteiger partial charge on any atom is -0.481 e. The second-order valence-corrected chi connectivity index (χ2v) is 7.11. The van der Waals surface area contributed by atoms with Crippen LogP contribution in [0.3, 0.4) is 0 Å². The highest BCUT2D eigenvalue weighted by Gasteiger charge is 2.20. The van der Waals surface area contributed by atoms with Gasteiger partial charge in [-0.15, -0.1) is 0 Å². The van der Waals surface area contributed by atoms with Crippen LogP contribution in [0.5, 0.6) is 0 Å². The number of carboxylic acid groups (broad SMARTS) is 1. The Morgan fingerprint density at radius 2 is 1.94 bits per heavy atom. The van der Waals surface area contributed by atoms with E-state index in [4.69, 9.17) is 5.11 Å². The molecule has 6 heteroatoms. The van der Waals surface area contributed by atoms with Crippen LogP contribution in [0.25, 0.3) is 0 Å². The largest absolute Gasteiger partial charge is 0.481 e. The Kier molecular flexibility index (Phi) is 5.39. The van der Waals surface area contributed by atoms with Crippen molar-refractivity contribution in [2.24, 2.45) is 5.92 Å². The average Bonchev–Trinajstić information content (AvgIpc) is 2.24. The van der Waals surface area contributed by atoms with Crippen molar-refractivity contribution in [3.63, 3.8) is 0 Å². The third kappa shape index (κ3) is 6.63. The second-order valence-electron chi connectivity index (χ2n) is 4.85. The van der Waals surface area contributed by atoms with E-state index < -0.39 is 15.8 Å². The summed E-state index contributed by atoms with van der Waals surface area (Å²) >= 11 is 0. The van der Waals surface area contributed by atoms with Gasteiger partial charge in [-0.3, -0.25) is 4.79 Å². The van der Waals surface area contributed by atoms with Crippen molar-refractivity contribution in [3.05, 3.63) is 0 Å². The van der Waals surface area contributed by atoms with Crippen LogP contribution in [0.2, 0.25) is 0 Å². The van der Waals surface area contributed by atoms with Crippen LogP contribution in [0.15, 0.2) is 0 Å². The van der Waals surface area contributed by atoms with Crippen LogP contribution >= 0.6 is 0 Å². The number of likely N-dealkylation sites (tertiary alicyclic amines) is 1. The van der Waals surface area contributed by atoms with Crippen LogP contribution < -0.4 is 0 Å². The van der Waals surface area contributed by atoms with E-state index in [2.05, 4.69) is 4.90 Å². The summed E-state index contributed by atoms with van der Waals surface area (Å²) < 4.78 is 22.0. The Balaban J connectivity index is 2.19. The fourth-order valence-corrected chi connectivity index (χ4v) is 2.71. The van der Waals surface area contributed by atoms with Gasteiger partial charge in [0, 0.05) is 19.2 Å². The monoisotopic (exact) mass is 263 g/mol. The van der Waals surface area contributed by atoms with E-state index in [1.165, 1.54) is 6.26 Å². The van der Waals surface area contributed by atoms with Crippen molar-refractivity contribution in [1.82, 2.24) is 4.90 Å². The summed E-state index contributed by atoms with van der Waals surface area (Å²) in [5.74, 6) is -0.0302. The van der Waals surface area contributed by atoms with Gasteiger partial charge in [0.1, 0.15) is 9.84 Å². The molecule has 5 nitrogen and oxygen atoms in total. The molecule has 1 saturated heterocycles. The predicted octanol–water partition coefficient (Wildman–Crippen LogP) is 0.608. The second kappa shape index (κ2) is 6.35. The number of carboxylic acids is 1. The average molecular weight is 263 g/mol. The van der Waals surface area contributed by atoms with Crippen molar-refractivity contribution in [3.8, 4) is 0 Å². The van der Waals surface area contributed by atoms with Gasteiger partial charge in [-0.1, -0.05) is 0 Å². The first kappa shape index (κ1) is 14.4. The van der Waals surface area contributed by atoms with Gasteiger partial charge in [-0.25, -0.2) is 8.42 Å². The van der Waals surface area contributed by atoms with E-state index in [1.54, 1.807) is 0 Å². The van der Waals surface area contributed by atoms with Gasteiger partial charge in [0.15, 0.2) is 0 Å². The molecule has 0 aromatic heterocycles. The lowest BCUT2D eigenvalue weighted by Gasteiger charge is -2.31. The summed E-state index contributed by atoms with van der Waals surface area (Å²) in [6.07, 6.45) is 4.21. The minimum atomic E-state index is -2.88. The molecule has 100 valence electrons. The zero-order valence-electron chi connectivity index (χ0n) is 10.3. The van der Waals surface area contributed by atoms with Gasteiger partial charge in [0.2, 0.25) is 0 Å². The Morgan fingerprint density at radius 3 is 2.41 bits per heavy atom. The van der Waals surface area contributed by atoms with E-state index in [0.29, 0.717) is 12.5 Å². The lowest BCUT2D eigenvalue weighted by atomic mass is 9.92. The third-order valence-corrected chi connectivity index (χ3v) is 4.18. The van der Waals surface area contributed by atoms with Crippen LogP contribution in [0, 0.1) is 5.92 Å². The van der Waals surface area contributed by atoms with Gasteiger partial charge in [-0.05, 0) is 38.3 Å². The van der Waals surface area contributed by atoms with Gasteiger partial charge in [0.05, 0.1) is 5.75 Å². The molecule has 0 aliphatic carbocycles. The highest BCUT2D eigenvalue weighted by atomic mass is 32.2. The molecule has 0 saturated carbocycles. The molecule has 1 N–H and O–H groups in total. The summed E-state index contributed by atoms with van der Waals surface area (Å²) in [4.78, 5) is 12.6. The van der Waals surface area contributed by atoms with E-state index in [9.17, 15) is 13.2 Å². The lowest BCUT2D eigenvalue weighted by molar-refractivity contribution is -0.137. The van der Waals surface area contributed by atoms with Crippen LogP contribution in [0.4, 0.5) is 0 Å². The topological polar surface area (TPSA) is 74.7 Å². The quantitative estimate of drug-likeness (QED) is 0.760. The molecule has 1 aliphatic heterocycles. The maximum absolute atomic E-state index is 11.0. The lowest BCUT2D eigenvalue weighted by Crippen LogP contribution is -2.36. The van der Waals surface area contributed by atoms with E-state index in [1.807, 2.05) is 0 Å². The maximum Gasteiger partial charge on any atom is 0.303 e. The van der Waals surface area contributed by atoms with Gasteiger partial charge in [-0.2, -0.15) is 0 Å². The van der Waals surface area contributed by atoms with Gasteiger partial charge >= 0.3 is 5.97 Å². The number of hydrogen-bond donors (Lipinski definition) is 1. The summed E-state index contributed by atoms with van der Waals surface area (Å²) in [5.41, 5.74) is 0. The number of nitrogens with zero attached hydrogens (tertiary/aromatic N) is 1. The van der Waals surface area contributed by atoms with Gasteiger partial charge < -0.3 is 10.0 Å². The molecule has 1 rings (SSSR count). The number of sulfone groups is 1. The normalized spacial score (nSPS) is 19.4. The van der Waals surface area contributed by atoms with Crippen LogP contribution in [-0.2, 0) is 14.6 Å². The molecule has 0 radical (unpaired) electrons. The number of carbonyl (C=O) groups is 1. The molecule has 0 spiro atoms. The molecule has 17 heavy (non-hydrogen) atoms. The minimum absolute atomic E-state index is 0.215. The molecule has 0 unspecified atom stereocenters. The van der Waals surface area contributed by atoms with E-state index in [-0.39, 0.29) is 12.2 Å². The zero-order chi connectivity index (χ0) is 12.9. The Hall–Kier alpha value is -0.620. The number of hydrogen-bond acceptors (Lipinski definition) is 4. The predicted molar refractivity (Wildman–Crippen MR) is 65.7 cm³/mol. The first-order chi connectivity index (χ1) is 7.87. The molecule has 1 aliphatic rings. The van der Waals surface area contributed by atoms with Crippen LogP contribution in [-0.4, -0.2) is 56.0 Å². The summed E-state index contributed by atoms with van der Waals surface area (Å²) in [6, 6.07) is 0. The van der Waals surface area contributed by atoms with Crippen molar-refractivity contribution >= 4 is 15.8 Å². The first-order valence-corrected chi connectivity index (χ1v) is 8.05. The molecule has 1 heterocycles. The molecule has 0 amide bonds. The number of piperidine rings is 1. The fourth-order valence-electron chi connectivity index (χ4n) is 2.12. The highest BCUT2D eigenvalue weighted by Crippen LogP contribution is 2.21. The van der Waals surface area contributed by atoms with Crippen molar-refractivity contribution in [2.45, 2.75) is 25.7 Å². The van der Waals surface area contributed by atoms with Crippen molar-refractivity contribution in [2.75, 3.05) is 31.6 Å². The maximum atomic E-state index is 11.0. The first-order valence-electron chi connectivity index (χ1n) is 5.98. The number of aliphatic carboxylic acids is 1. The van der Waals surface area contributed by atoms with Crippen molar-refractivity contribution in [1.29, 1.82) is 0 Å². The third-order valence-electron chi connectivity index (χ3n) is 3.25. The van der Waals surface area contributed by atoms with Crippen molar-refractivity contribution < 1.29 is 18.3 Å². The zero-order valence-corrected chi connectivity index (χ0v) is 11.1. The smallest absolute Gasteiger partial charge is 0.303 e. The summed E-state index contributed by atoms with van der Waals surface area (Å²) in [7, 11) is -2.88. The Labute approximate surface area is 103 Å². The standard InChI is InChI=1S/C11H21NO4S/c1-17(15,16)9-8-12-6-4-10(5-7-12)2-3-11(13)14/h10H,2-9H2,1H3,(H,13,14). The highest BCUT2D eigenvalue weighted by molar-refractivity contribution is 7.90. The Bertz CT molecular complexity index is 344. The van der Waals surface area contributed by atoms with E-state index >= 15 is 0 Å². The summed E-state index contributed by atoms with van der Waals surface area (Å²) in [5, 5.41) is 8.59. The molecule has 0 bridgehead atoms. The number of rotatable bonds is 6. The Morgan fingerprint density at radius 1 is 1.35 bits per heavy atom. The molecule has 0 aromatic rings. The SMILES string of the molecule is CS(=O)(=O)CCN1CCC(CCC(=O)O)CC1. The summed E-state index contributed by atoms with van der Waals surface area (Å²) in [6.45, 7) is 2.38. The molecular formula is C11H21NO4S. The fraction of sp³-hybridized carbons (Fsp3) is 0.909. The molecular weight excluding hydrogens is 242 g/mol. The van der Waals surface area contributed by atoms with E-state index in [0.717, 1.165) is 32.4 Å². The molecule has 1 fully saturated rings. The molecule has 0 atom stereocenters.